The van der Waals surface area contributed by atoms with Gasteiger partial charge in [0, 0.05) is 13.1 Å². The summed E-state index contributed by atoms with van der Waals surface area (Å²) < 4.78 is 5.75. The second-order valence-electron chi connectivity index (χ2n) is 6.26. The standard InChI is InChI=1S/C17H25NO2/c1-18-9-10-20-17(12-18)16(19)11-14-7-4-6-13-5-2-3-8-15(13)14/h2-3,5,8,14,16-17,19H,4,6-7,9-12H2,1H3. The molecule has 110 valence electrons. The van der Waals surface area contributed by atoms with E-state index in [1.165, 1.54) is 30.4 Å². The predicted octanol–water partition coefficient (Wildman–Crippen LogP) is 2.19. The van der Waals surface area contributed by atoms with E-state index in [9.17, 15) is 5.11 Å². The van der Waals surface area contributed by atoms with Crippen molar-refractivity contribution in [3.63, 3.8) is 0 Å². The van der Waals surface area contributed by atoms with Gasteiger partial charge in [-0.2, -0.15) is 0 Å². The molecule has 3 rings (SSSR count). The van der Waals surface area contributed by atoms with Crippen molar-refractivity contribution in [3.8, 4) is 0 Å². The molecule has 1 aliphatic heterocycles. The van der Waals surface area contributed by atoms with E-state index in [4.69, 9.17) is 4.74 Å². The zero-order valence-electron chi connectivity index (χ0n) is 12.3. The first kappa shape index (κ1) is 14.1. The molecule has 0 amide bonds. The quantitative estimate of drug-likeness (QED) is 0.918. The minimum Gasteiger partial charge on any atom is -0.390 e. The van der Waals surface area contributed by atoms with Gasteiger partial charge in [-0.3, -0.25) is 0 Å². The van der Waals surface area contributed by atoms with Crippen LogP contribution in [0.3, 0.4) is 0 Å². The number of aliphatic hydroxyl groups is 1. The monoisotopic (exact) mass is 275 g/mol. The van der Waals surface area contributed by atoms with Crippen LogP contribution < -0.4 is 0 Å². The first-order valence-corrected chi connectivity index (χ1v) is 7.80. The molecule has 3 unspecified atom stereocenters. The fourth-order valence-electron chi connectivity index (χ4n) is 3.59. The molecular weight excluding hydrogens is 250 g/mol. The average molecular weight is 275 g/mol. The predicted molar refractivity (Wildman–Crippen MR) is 80.0 cm³/mol. The van der Waals surface area contributed by atoms with E-state index in [1.54, 1.807) is 0 Å². The van der Waals surface area contributed by atoms with Crippen LogP contribution >= 0.6 is 0 Å². The zero-order valence-corrected chi connectivity index (χ0v) is 12.3. The second-order valence-corrected chi connectivity index (χ2v) is 6.26. The number of nitrogens with zero attached hydrogens (tertiary/aromatic N) is 1. The first-order chi connectivity index (χ1) is 9.74. The van der Waals surface area contributed by atoms with Gasteiger partial charge in [0.1, 0.15) is 0 Å². The van der Waals surface area contributed by atoms with Gasteiger partial charge in [0.05, 0.1) is 18.8 Å². The SMILES string of the molecule is CN1CCOC(C(O)CC2CCCc3ccccc32)C1. The summed E-state index contributed by atoms with van der Waals surface area (Å²) in [6, 6.07) is 8.71. The lowest BCUT2D eigenvalue weighted by molar-refractivity contribution is -0.0869. The molecule has 1 heterocycles. The number of ether oxygens (including phenoxy) is 1. The molecule has 20 heavy (non-hydrogen) atoms. The van der Waals surface area contributed by atoms with Crippen molar-refractivity contribution in [3.05, 3.63) is 35.4 Å². The summed E-state index contributed by atoms with van der Waals surface area (Å²) in [7, 11) is 2.10. The number of aryl methyl sites for hydroxylation is 1. The van der Waals surface area contributed by atoms with Crippen LogP contribution in [0.1, 0.15) is 36.3 Å². The van der Waals surface area contributed by atoms with Gasteiger partial charge < -0.3 is 14.7 Å². The molecule has 0 aromatic heterocycles. The molecule has 1 fully saturated rings. The Balaban J connectivity index is 1.66. The Morgan fingerprint density at radius 2 is 2.25 bits per heavy atom. The van der Waals surface area contributed by atoms with E-state index in [0.717, 1.165) is 26.1 Å². The van der Waals surface area contributed by atoms with E-state index >= 15 is 0 Å². The number of hydrogen-bond acceptors (Lipinski definition) is 3. The Morgan fingerprint density at radius 1 is 1.40 bits per heavy atom. The number of hydrogen-bond donors (Lipinski definition) is 1. The Bertz CT molecular complexity index is 448. The molecule has 2 aliphatic rings. The summed E-state index contributed by atoms with van der Waals surface area (Å²) >= 11 is 0. The minimum absolute atomic E-state index is 0.0251. The van der Waals surface area contributed by atoms with Crippen LogP contribution in [0, 0.1) is 0 Å². The van der Waals surface area contributed by atoms with E-state index < -0.39 is 0 Å². The maximum Gasteiger partial charge on any atom is 0.0961 e. The largest absolute Gasteiger partial charge is 0.390 e. The van der Waals surface area contributed by atoms with Crippen LogP contribution in [-0.4, -0.2) is 49.0 Å². The van der Waals surface area contributed by atoms with Crippen molar-refractivity contribution in [2.75, 3.05) is 26.7 Å². The smallest absolute Gasteiger partial charge is 0.0961 e. The van der Waals surface area contributed by atoms with Gasteiger partial charge in [-0.1, -0.05) is 24.3 Å². The Kier molecular flexibility index (Phi) is 4.39. The highest BCUT2D eigenvalue weighted by Gasteiger charge is 2.29. The highest BCUT2D eigenvalue weighted by atomic mass is 16.5. The van der Waals surface area contributed by atoms with Crippen LogP contribution in [-0.2, 0) is 11.2 Å². The topological polar surface area (TPSA) is 32.7 Å². The zero-order chi connectivity index (χ0) is 13.9. The van der Waals surface area contributed by atoms with Crippen LogP contribution in [0.4, 0.5) is 0 Å². The number of fused-ring (bicyclic) bond motifs is 1. The van der Waals surface area contributed by atoms with Gasteiger partial charge in [-0.15, -0.1) is 0 Å². The number of rotatable bonds is 3. The number of aliphatic hydroxyl groups excluding tert-OH is 1. The van der Waals surface area contributed by atoms with Gasteiger partial charge in [-0.05, 0) is 49.8 Å². The van der Waals surface area contributed by atoms with Crippen molar-refractivity contribution in [2.24, 2.45) is 0 Å². The molecule has 1 aromatic rings. The Morgan fingerprint density at radius 3 is 3.10 bits per heavy atom. The highest BCUT2D eigenvalue weighted by Crippen LogP contribution is 2.35. The van der Waals surface area contributed by atoms with Gasteiger partial charge >= 0.3 is 0 Å². The van der Waals surface area contributed by atoms with Crippen molar-refractivity contribution in [1.82, 2.24) is 4.90 Å². The summed E-state index contributed by atoms with van der Waals surface area (Å²) in [5, 5.41) is 10.5. The fourth-order valence-corrected chi connectivity index (χ4v) is 3.59. The molecule has 1 aliphatic carbocycles. The third kappa shape index (κ3) is 3.05. The molecule has 0 spiro atoms. The van der Waals surface area contributed by atoms with Gasteiger partial charge in [-0.25, -0.2) is 0 Å². The summed E-state index contributed by atoms with van der Waals surface area (Å²) in [6.45, 7) is 2.55. The molecule has 3 nitrogen and oxygen atoms in total. The van der Waals surface area contributed by atoms with Crippen molar-refractivity contribution in [2.45, 2.75) is 43.8 Å². The molecule has 0 radical (unpaired) electrons. The fraction of sp³-hybridized carbons (Fsp3) is 0.647. The molecule has 0 bridgehead atoms. The van der Waals surface area contributed by atoms with E-state index in [0.29, 0.717) is 5.92 Å². The lowest BCUT2D eigenvalue weighted by Gasteiger charge is -2.35. The molecular formula is C17H25NO2. The van der Waals surface area contributed by atoms with Crippen molar-refractivity contribution < 1.29 is 9.84 Å². The number of likely N-dealkylation sites (N-methyl/N-ethyl adjacent to an activating group) is 1. The van der Waals surface area contributed by atoms with Gasteiger partial charge in [0.2, 0.25) is 0 Å². The first-order valence-electron chi connectivity index (χ1n) is 7.80. The minimum atomic E-state index is -0.353. The summed E-state index contributed by atoms with van der Waals surface area (Å²) in [6.07, 6.45) is 4.06. The molecule has 1 N–H and O–H groups in total. The van der Waals surface area contributed by atoms with E-state index in [2.05, 4.69) is 36.2 Å². The normalized spacial score (nSPS) is 28.9. The van der Waals surface area contributed by atoms with Crippen LogP contribution in [0.2, 0.25) is 0 Å². The van der Waals surface area contributed by atoms with E-state index in [-0.39, 0.29) is 12.2 Å². The second kappa shape index (κ2) is 6.25. The third-order valence-electron chi connectivity index (χ3n) is 4.75. The lowest BCUT2D eigenvalue weighted by Crippen LogP contribution is -2.46. The molecule has 1 aromatic carbocycles. The Hall–Kier alpha value is -0.900. The number of morpholine rings is 1. The molecule has 3 atom stereocenters. The van der Waals surface area contributed by atoms with Gasteiger partial charge in [0.15, 0.2) is 0 Å². The van der Waals surface area contributed by atoms with Crippen molar-refractivity contribution in [1.29, 1.82) is 0 Å². The molecule has 1 saturated heterocycles. The average Bonchev–Trinajstić information content (AvgIpc) is 2.47. The summed E-state index contributed by atoms with van der Waals surface area (Å²) in [4.78, 5) is 2.24. The van der Waals surface area contributed by atoms with E-state index in [1.807, 2.05) is 0 Å². The molecule has 0 saturated carbocycles. The van der Waals surface area contributed by atoms with Crippen LogP contribution in [0.25, 0.3) is 0 Å². The molecule has 3 heteroatoms. The van der Waals surface area contributed by atoms with Crippen LogP contribution in [0.5, 0.6) is 0 Å². The van der Waals surface area contributed by atoms with Gasteiger partial charge in [0.25, 0.3) is 0 Å². The maximum atomic E-state index is 10.5. The van der Waals surface area contributed by atoms with Crippen molar-refractivity contribution >= 4 is 0 Å². The summed E-state index contributed by atoms with van der Waals surface area (Å²) in [5.74, 6) is 0.491. The highest BCUT2D eigenvalue weighted by molar-refractivity contribution is 5.32. The summed E-state index contributed by atoms with van der Waals surface area (Å²) in [5.41, 5.74) is 2.92. The third-order valence-corrected chi connectivity index (χ3v) is 4.75. The Labute approximate surface area is 121 Å². The lowest BCUT2D eigenvalue weighted by atomic mass is 9.79. The van der Waals surface area contributed by atoms with Crippen LogP contribution in [0.15, 0.2) is 24.3 Å². The maximum absolute atomic E-state index is 10.5. The number of benzene rings is 1.